The molecule has 6 heteroatoms. The molecule has 1 aliphatic rings. The standard InChI is InChI=1S/C12H12Cl2INO2/c13-7-3-9(11(15)10(14)4-7)12(18)16-5-6-1-8(17)2-6/h3-4,6,8,17H,1-2,5H2,(H,16,18). The van der Waals surface area contributed by atoms with Crippen molar-refractivity contribution in [3.63, 3.8) is 0 Å². The second kappa shape index (κ2) is 5.94. The Kier molecular flexibility index (Phi) is 4.75. The predicted octanol–water partition coefficient (Wildman–Crippen LogP) is 3.10. The molecule has 1 saturated carbocycles. The van der Waals surface area contributed by atoms with Crippen LogP contribution in [-0.4, -0.2) is 23.7 Å². The first-order chi connectivity index (χ1) is 8.47. The summed E-state index contributed by atoms with van der Waals surface area (Å²) in [5.74, 6) is 0.196. The van der Waals surface area contributed by atoms with E-state index in [2.05, 4.69) is 5.32 Å². The van der Waals surface area contributed by atoms with Crippen LogP contribution < -0.4 is 5.32 Å². The molecule has 2 rings (SSSR count). The summed E-state index contributed by atoms with van der Waals surface area (Å²) in [6.45, 7) is 0.579. The molecule has 98 valence electrons. The van der Waals surface area contributed by atoms with Crippen LogP contribution in [0.4, 0.5) is 0 Å². The number of aliphatic hydroxyl groups excluding tert-OH is 1. The molecule has 1 aromatic carbocycles. The van der Waals surface area contributed by atoms with Gasteiger partial charge < -0.3 is 10.4 Å². The molecule has 1 fully saturated rings. The molecule has 0 radical (unpaired) electrons. The fraction of sp³-hybridized carbons (Fsp3) is 0.417. The lowest BCUT2D eigenvalue weighted by molar-refractivity contribution is 0.0420. The Balaban J connectivity index is 2.00. The van der Waals surface area contributed by atoms with E-state index < -0.39 is 0 Å². The number of benzene rings is 1. The van der Waals surface area contributed by atoms with Gasteiger partial charge in [-0.05, 0) is 53.5 Å². The minimum absolute atomic E-state index is 0.176. The monoisotopic (exact) mass is 399 g/mol. The molecule has 0 saturated heterocycles. The fourth-order valence-electron chi connectivity index (χ4n) is 1.92. The van der Waals surface area contributed by atoms with Crippen molar-refractivity contribution in [2.24, 2.45) is 5.92 Å². The van der Waals surface area contributed by atoms with Crippen LogP contribution in [0.25, 0.3) is 0 Å². The highest BCUT2D eigenvalue weighted by atomic mass is 127. The molecule has 3 nitrogen and oxygen atoms in total. The fourth-order valence-corrected chi connectivity index (χ4v) is 2.97. The number of hydrogen-bond donors (Lipinski definition) is 2. The van der Waals surface area contributed by atoms with E-state index in [1.54, 1.807) is 12.1 Å². The van der Waals surface area contributed by atoms with Gasteiger partial charge in [0, 0.05) is 15.1 Å². The van der Waals surface area contributed by atoms with E-state index in [9.17, 15) is 4.79 Å². The molecule has 0 aliphatic heterocycles. The number of halogens is 3. The second-order valence-electron chi connectivity index (χ2n) is 4.45. The quantitative estimate of drug-likeness (QED) is 0.606. The van der Waals surface area contributed by atoms with Crippen LogP contribution in [0.1, 0.15) is 23.2 Å². The molecule has 1 aliphatic carbocycles. The molecule has 1 aromatic rings. The Labute approximate surface area is 129 Å². The number of aliphatic hydroxyl groups is 1. The molecule has 18 heavy (non-hydrogen) atoms. The lowest BCUT2D eigenvalue weighted by Gasteiger charge is -2.31. The summed E-state index contributed by atoms with van der Waals surface area (Å²) < 4.78 is 0.699. The predicted molar refractivity (Wildman–Crippen MR) is 80.2 cm³/mol. The van der Waals surface area contributed by atoms with Crippen LogP contribution in [0.3, 0.4) is 0 Å². The normalized spacial score (nSPS) is 22.4. The van der Waals surface area contributed by atoms with Crippen LogP contribution in [0.5, 0.6) is 0 Å². The molecular weight excluding hydrogens is 388 g/mol. The minimum Gasteiger partial charge on any atom is -0.393 e. The van der Waals surface area contributed by atoms with E-state index >= 15 is 0 Å². The first-order valence-corrected chi connectivity index (χ1v) is 7.41. The first kappa shape index (κ1) is 14.4. The Morgan fingerprint density at radius 1 is 1.44 bits per heavy atom. The van der Waals surface area contributed by atoms with Gasteiger partial charge in [0.05, 0.1) is 16.7 Å². The van der Waals surface area contributed by atoms with E-state index in [0.29, 0.717) is 31.6 Å². The summed E-state index contributed by atoms with van der Waals surface area (Å²) in [7, 11) is 0. The van der Waals surface area contributed by atoms with Gasteiger partial charge in [0.15, 0.2) is 0 Å². The first-order valence-electron chi connectivity index (χ1n) is 5.58. The topological polar surface area (TPSA) is 49.3 Å². The summed E-state index contributed by atoms with van der Waals surface area (Å²) in [5.41, 5.74) is 0.493. The average Bonchev–Trinajstić information content (AvgIpc) is 2.27. The molecule has 0 heterocycles. The highest BCUT2D eigenvalue weighted by Gasteiger charge is 2.27. The number of hydrogen-bond acceptors (Lipinski definition) is 2. The van der Waals surface area contributed by atoms with E-state index in [4.69, 9.17) is 28.3 Å². The van der Waals surface area contributed by atoms with Crippen molar-refractivity contribution < 1.29 is 9.90 Å². The SMILES string of the molecule is O=C(NCC1CC(O)C1)c1cc(Cl)cc(Cl)c1I. The molecule has 1 amide bonds. The summed E-state index contributed by atoms with van der Waals surface area (Å²) >= 11 is 13.9. The van der Waals surface area contributed by atoms with Crippen LogP contribution in [-0.2, 0) is 0 Å². The van der Waals surface area contributed by atoms with Crippen molar-refractivity contribution in [3.05, 3.63) is 31.3 Å². The highest BCUT2D eigenvalue weighted by Crippen LogP contribution is 2.28. The van der Waals surface area contributed by atoms with Gasteiger partial charge in [0.1, 0.15) is 0 Å². The van der Waals surface area contributed by atoms with E-state index in [0.717, 1.165) is 12.8 Å². The number of amides is 1. The average molecular weight is 400 g/mol. The van der Waals surface area contributed by atoms with Crippen molar-refractivity contribution in [1.82, 2.24) is 5.32 Å². The minimum atomic E-state index is -0.201. The van der Waals surface area contributed by atoms with Crippen molar-refractivity contribution in [2.45, 2.75) is 18.9 Å². The van der Waals surface area contributed by atoms with Gasteiger partial charge in [-0.25, -0.2) is 0 Å². The van der Waals surface area contributed by atoms with Gasteiger partial charge in [-0.2, -0.15) is 0 Å². The number of carbonyl (C=O) groups excluding carboxylic acids is 1. The van der Waals surface area contributed by atoms with Gasteiger partial charge in [0.25, 0.3) is 5.91 Å². The number of carbonyl (C=O) groups is 1. The maximum absolute atomic E-state index is 12.0. The number of rotatable bonds is 3. The van der Waals surface area contributed by atoms with Crippen molar-refractivity contribution >= 4 is 51.7 Å². The van der Waals surface area contributed by atoms with Crippen LogP contribution in [0, 0.1) is 9.49 Å². The van der Waals surface area contributed by atoms with Crippen LogP contribution in [0.15, 0.2) is 12.1 Å². The summed E-state index contributed by atoms with van der Waals surface area (Å²) in [6.07, 6.45) is 1.31. The lowest BCUT2D eigenvalue weighted by Crippen LogP contribution is -2.38. The van der Waals surface area contributed by atoms with Crippen LogP contribution in [0.2, 0.25) is 10.0 Å². The third kappa shape index (κ3) is 3.29. The molecule has 2 N–H and O–H groups in total. The van der Waals surface area contributed by atoms with Gasteiger partial charge >= 0.3 is 0 Å². The zero-order valence-electron chi connectivity index (χ0n) is 9.42. The molecular formula is C12H12Cl2INO2. The van der Waals surface area contributed by atoms with Crippen molar-refractivity contribution in [1.29, 1.82) is 0 Å². The molecule has 0 bridgehead atoms. The largest absolute Gasteiger partial charge is 0.393 e. The molecule has 0 spiro atoms. The Bertz CT molecular complexity index is 475. The molecule has 0 aromatic heterocycles. The molecule has 0 atom stereocenters. The van der Waals surface area contributed by atoms with Crippen molar-refractivity contribution in [2.75, 3.05) is 6.54 Å². The van der Waals surface area contributed by atoms with E-state index in [1.165, 1.54) is 0 Å². The Hall–Kier alpha value is -0.0400. The lowest BCUT2D eigenvalue weighted by atomic mass is 9.82. The highest BCUT2D eigenvalue weighted by molar-refractivity contribution is 14.1. The zero-order valence-corrected chi connectivity index (χ0v) is 13.1. The summed E-state index contributed by atoms with van der Waals surface area (Å²) in [6, 6.07) is 3.23. The maximum atomic E-state index is 12.0. The third-order valence-corrected chi connectivity index (χ3v) is 5.00. The zero-order chi connectivity index (χ0) is 13.3. The van der Waals surface area contributed by atoms with Crippen LogP contribution >= 0.6 is 45.8 Å². The molecule has 0 unspecified atom stereocenters. The van der Waals surface area contributed by atoms with Gasteiger partial charge in [-0.15, -0.1) is 0 Å². The van der Waals surface area contributed by atoms with Crippen molar-refractivity contribution in [3.8, 4) is 0 Å². The van der Waals surface area contributed by atoms with Gasteiger partial charge in [-0.1, -0.05) is 23.2 Å². The summed E-state index contributed by atoms with van der Waals surface area (Å²) in [4.78, 5) is 12.0. The Morgan fingerprint density at radius 3 is 2.72 bits per heavy atom. The maximum Gasteiger partial charge on any atom is 0.252 e. The second-order valence-corrected chi connectivity index (χ2v) is 6.37. The van der Waals surface area contributed by atoms with E-state index in [1.807, 2.05) is 22.6 Å². The van der Waals surface area contributed by atoms with E-state index in [-0.39, 0.29) is 12.0 Å². The summed E-state index contributed by atoms with van der Waals surface area (Å²) in [5, 5.41) is 12.9. The van der Waals surface area contributed by atoms with Gasteiger partial charge in [0.2, 0.25) is 0 Å². The third-order valence-electron chi connectivity index (χ3n) is 3.00. The smallest absolute Gasteiger partial charge is 0.252 e. The number of nitrogens with one attached hydrogen (secondary N) is 1. The Morgan fingerprint density at radius 2 is 2.11 bits per heavy atom. The van der Waals surface area contributed by atoms with Gasteiger partial charge in [-0.3, -0.25) is 4.79 Å².